The van der Waals surface area contributed by atoms with Crippen molar-refractivity contribution >= 4 is 123 Å². The highest BCUT2D eigenvalue weighted by Crippen LogP contribution is 2.60. The molecule has 2 aliphatic carbocycles. The Hall–Kier alpha value is -8.64. The molecule has 13 aromatic rings. The van der Waals surface area contributed by atoms with Gasteiger partial charge < -0.3 is 0 Å². The molecular weight excluding hydrogens is 1590 g/mol. The van der Waals surface area contributed by atoms with Crippen LogP contribution in [-0.4, -0.2) is 23.6 Å². The molecule has 4 aliphatic rings. The van der Waals surface area contributed by atoms with Gasteiger partial charge in [-0.3, -0.25) is 19.2 Å². The van der Waals surface area contributed by atoms with E-state index in [1.54, 1.807) is 22.7 Å². The Kier molecular flexibility index (Phi) is 28.9. The van der Waals surface area contributed by atoms with Gasteiger partial charge in [-0.05, 0) is 221 Å². The fraction of sp³-hybridized carbons (Fsp3) is 0.439. The van der Waals surface area contributed by atoms with Crippen LogP contribution < -0.4 is 9.80 Å². The van der Waals surface area contributed by atoms with E-state index in [9.17, 15) is 0 Å². The van der Waals surface area contributed by atoms with E-state index in [1.807, 2.05) is 59.1 Å². The van der Waals surface area contributed by atoms with Gasteiger partial charge in [0.2, 0.25) is 0 Å². The first-order chi connectivity index (χ1) is 61.1. The van der Waals surface area contributed by atoms with Crippen molar-refractivity contribution < 1.29 is 19.2 Å². The Morgan fingerprint density at radius 1 is 0.234 bits per heavy atom. The van der Waals surface area contributed by atoms with Crippen molar-refractivity contribution in [2.24, 2.45) is 0 Å². The maximum atomic E-state index is 16.0. The summed E-state index contributed by atoms with van der Waals surface area (Å²) in [4.78, 5) is 74.6. The number of thiophene rings is 4. The maximum Gasteiger partial charge on any atom is 0.265 e. The Morgan fingerprint density at radius 2 is 0.484 bits per heavy atom. The van der Waals surface area contributed by atoms with Crippen molar-refractivity contribution in [3.05, 3.63) is 225 Å². The Balaban J connectivity index is 0.689. The largest absolute Gasteiger partial charge is 0.268 e. The lowest BCUT2D eigenvalue weighted by atomic mass is 9.70. The number of carbonyl (C=O) groups is 4. The molecule has 0 unspecified atom stereocenters. The zero-order chi connectivity index (χ0) is 84.9. The lowest BCUT2D eigenvalue weighted by Crippen LogP contribution is -2.41. The predicted octanol–water partition coefficient (Wildman–Crippen LogP) is 36.0. The van der Waals surface area contributed by atoms with E-state index >= 15 is 19.2 Å². The highest BCUT2D eigenvalue weighted by Gasteiger charge is 2.47. The van der Waals surface area contributed by atoms with E-state index < -0.39 is 0 Å². The molecule has 644 valence electrons. The summed E-state index contributed by atoms with van der Waals surface area (Å²) in [6.45, 7) is 9.19. The average Bonchev–Trinajstić information content (AvgIpc) is 1.06. The topological polar surface area (TPSA) is 74.8 Å². The summed E-state index contributed by atoms with van der Waals surface area (Å²) in [5, 5.41) is 10.9. The summed E-state index contributed by atoms with van der Waals surface area (Å²) in [6, 6.07) is 61.6. The van der Waals surface area contributed by atoms with Crippen molar-refractivity contribution in [2.75, 3.05) is 9.80 Å². The molecule has 17 rings (SSSR count). The van der Waals surface area contributed by atoms with E-state index in [2.05, 4.69) is 172 Å². The number of imide groups is 2. The number of fused-ring (bicyclic) bond motifs is 8. The summed E-state index contributed by atoms with van der Waals surface area (Å²) >= 11 is 7.34. The minimum absolute atomic E-state index is 0.321. The van der Waals surface area contributed by atoms with E-state index in [0.717, 1.165) is 83.7 Å². The molecular formula is C114H130N2O4S4. The first kappa shape index (κ1) is 87.4. The van der Waals surface area contributed by atoms with Gasteiger partial charge in [-0.15, -0.1) is 45.3 Å². The molecule has 0 fully saturated rings. The van der Waals surface area contributed by atoms with Crippen molar-refractivity contribution in [2.45, 2.75) is 321 Å². The van der Waals surface area contributed by atoms with Gasteiger partial charge >= 0.3 is 0 Å². The number of rotatable bonds is 50. The number of hydrogen-bond donors (Lipinski definition) is 0. The van der Waals surface area contributed by atoms with Crippen LogP contribution >= 0.6 is 45.3 Å². The van der Waals surface area contributed by atoms with Crippen LogP contribution in [0.25, 0.3) is 106 Å². The normalized spacial score (nSPS) is 14.3. The Bertz CT molecular complexity index is 5340. The average molecular weight is 1720 g/mol. The number of benzene rings is 9. The number of carbonyl (C=O) groups excluding carboxylic acids is 4. The second kappa shape index (κ2) is 41.0. The van der Waals surface area contributed by atoms with Gasteiger partial charge in [-0.2, -0.15) is 0 Å². The lowest BCUT2D eigenvalue weighted by molar-refractivity contribution is 0.0877. The molecule has 0 N–H and O–H groups in total. The molecule has 9 aromatic carbocycles. The summed E-state index contributed by atoms with van der Waals surface area (Å²) < 4.78 is 0. The third-order valence-corrected chi connectivity index (χ3v) is 33.4. The quantitative estimate of drug-likeness (QED) is 0.0165. The molecule has 10 heteroatoms. The van der Waals surface area contributed by atoms with Gasteiger partial charge in [0.15, 0.2) is 0 Å². The molecule has 0 radical (unpaired) electrons. The van der Waals surface area contributed by atoms with Crippen molar-refractivity contribution in [1.82, 2.24) is 0 Å². The number of nitrogens with zero attached hydrogens (tertiary/aromatic N) is 2. The zero-order valence-electron chi connectivity index (χ0n) is 74.6. The molecule has 0 saturated carbocycles. The zero-order valence-corrected chi connectivity index (χ0v) is 77.9. The number of amides is 4. The van der Waals surface area contributed by atoms with Gasteiger partial charge in [-0.1, -0.05) is 357 Å². The van der Waals surface area contributed by atoms with Crippen LogP contribution in [0.3, 0.4) is 0 Å². The van der Waals surface area contributed by atoms with Gasteiger partial charge in [0, 0.05) is 73.1 Å². The van der Waals surface area contributed by atoms with Crippen LogP contribution in [0, 0.1) is 0 Å². The van der Waals surface area contributed by atoms with Gasteiger partial charge in [0.1, 0.15) is 0 Å². The Labute approximate surface area is 755 Å². The molecule has 0 bridgehead atoms. The number of hydrogen-bond acceptors (Lipinski definition) is 8. The van der Waals surface area contributed by atoms with Crippen molar-refractivity contribution in [3.8, 4) is 62.6 Å². The summed E-state index contributed by atoms with van der Waals surface area (Å²) in [5.74, 6) is -1.29. The lowest BCUT2D eigenvalue weighted by Gasteiger charge is -2.34. The van der Waals surface area contributed by atoms with E-state index in [-0.39, 0.29) is 34.5 Å². The SMILES string of the molecule is CCCCCCCCCCCCC1(CCCCCCCCCCCC)c2cc(-c3ccc(-c4cccs4)s3)ccc2-c2ccc(N3C(=O)c4ccc5c6ccc7c8c(ccc(c9ccc(c4c59)C3=O)c86)C(=O)N(c3ccc4c(c3)C(CCCCCCCCCCCC)(CCCCCCCCCCCC)c3cc(-c5ccc(-c6cccs6)s5)ccc3-4)C7=O)cc21. The molecule has 4 amide bonds. The maximum absolute atomic E-state index is 16.0. The standard InChI is InChI=1S/C114H130N2O4S4/c1-5-9-13-17-21-25-29-33-37-41-69-113(70-42-38-34-30-26-22-18-14-10-6-2)95-75-79(99-65-67-103(123-99)101-47-45-73-121-101)49-53-83(95)85-55-51-81(77-97(85)113)115-109(117)91-61-57-87-89-59-63-93-108-94(64-60-90(106(89)108)88-58-62-92(110(115)118)107(91)105(87)88)112(120)116(111(93)119)82-52-56-86-84-54-50-80(100-66-68-104(124-100)102-48-46-74-122-102)76-96(84)114(98(86)78-82,71-43-39-35-31-27-23-19-15-11-7-3)72-44-40-36-32-28-24-20-16-12-8-4/h45-68,73-78H,5-44,69-72H2,1-4H3. The van der Waals surface area contributed by atoms with E-state index in [4.69, 9.17) is 0 Å². The fourth-order valence-corrected chi connectivity index (χ4v) is 26.0. The second-order valence-corrected chi connectivity index (χ2v) is 41.3. The highest BCUT2D eigenvalue weighted by atomic mass is 32.1. The van der Waals surface area contributed by atoms with E-state index in [1.165, 1.54) is 326 Å². The molecule has 6 nitrogen and oxygen atoms in total. The van der Waals surface area contributed by atoms with Crippen LogP contribution in [0.5, 0.6) is 0 Å². The first-order valence-corrected chi connectivity index (χ1v) is 52.3. The second-order valence-electron chi connectivity index (χ2n) is 37.2. The first-order valence-electron chi connectivity index (χ1n) is 48.9. The summed E-state index contributed by atoms with van der Waals surface area (Å²) in [7, 11) is 0. The molecule has 0 atom stereocenters. The van der Waals surface area contributed by atoms with Crippen LogP contribution in [0.1, 0.15) is 374 Å². The molecule has 4 aromatic heterocycles. The van der Waals surface area contributed by atoms with Crippen LogP contribution in [0.4, 0.5) is 11.4 Å². The molecule has 0 saturated heterocycles. The smallest absolute Gasteiger partial charge is 0.265 e. The van der Waals surface area contributed by atoms with Crippen molar-refractivity contribution in [1.29, 1.82) is 0 Å². The summed E-state index contributed by atoms with van der Waals surface area (Å²) in [6.07, 6.45) is 54.8. The van der Waals surface area contributed by atoms with Gasteiger partial charge in [0.05, 0.1) is 11.4 Å². The third kappa shape index (κ3) is 17.8. The van der Waals surface area contributed by atoms with Gasteiger partial charge in [0.25, 0.3) is 23.6 Å². The number of unbranched alkanes of at least 4 members (excludes halogenated alkanes) is 36. The van der Waals surface area contributed by atoms with Crippen LogP contribution in [-0.2, 0) is 10.8 Å². The fourth-order valence-electron chi connectivity index (χ4n) is 22.4. The molecule has 124 heavy (non-hydrogen) atoms. The molecule has 6 heterocycles. The van der Waals surface area contributed by atoms with Gasteiger partial charge in [-0.25, -0.2) is 9.80 Å². The number of anilines is 2. The minimum Gasteiger partial charge on any atom is -0.268 e. The van der Waals surface area contributed by atoms with E-state index in [0.29, 0.717) is 44.4 Å². The highest BCUT2D eigenvalue weighted by molar-refractivity contribution is 7.23. The third-order valence-electron chi connectivity index (χ3n) is 29.0. The minimum atomic E-state index is -0.322. The summed E-state index contributed by atoms with van der Waals surface area (Å²) in [5.41, 5.74) is 15.4. The molecule has 0 spiro atoms. The molecule has 2 aliphatic heterocycles. The predicted molar refractivity (Wildman–Crippen MR) is 534 cm³/mol. The Morgan fingerprint density at radius 3 is 0.758 bits per heavy atom. The van der Waals surface area contributed by atoms with Crippen LogP contribution in [0.15, 0.2) is 181 Å². The van der Waals surface area contributed by atoms with Crippen molar-refractivity contribution in [3.63, 3.8) is 0 Å². The van der Waals surface area contributed by atoms with Crippen LogP contribution in [0.2, 0.25) is 0 Å². The monoisotopic (exact) mass is 1720 g/mol.